The normalized spacial score (nSPS) is 15.1. The van der Waals surface area contributed by atoms with Gasteiger partial charge in [-0.15, -0.1) is 45.5 Å². The van der Waals surface area contributed by atoms with E-state index in [2.05, 4.69) is 68.7 Å². The molecule has 0 spiro atoms. The summed E-state index contributed by atoms with van der Waals surface area (Å²) in [6.45, 7) is 4.20. The van der Waals surface area contributed by atoms with E-state index >= 15 is 0 Å². The summed E-state index contributed by atoms with van der Waals surface area (Å²) in [6, 6.07) is 15.2. The summed E-state index contributed by atoms with van der Waals surface area (Å²) in [6.07, 6.45) is 4.71. The monoisotopic (exact) mass is 550 g/mol. The van der Waals surface area contributed by atoms with E-state index < -0.39 is 0 Å². The zero-order chi connectivity index (χ0) is 20.8. The van der Waals surface area contributed by atoms with Crippen LogP contribution in [0.2, 0.25) is 0 Å². The third-order valence-electron chi connectivity index (χ3n) is 6.10. The lowest BCUT2D eigenvalue weighted by Crippen LogP contribution is -2.49. The number of benzene rings is 1. The molecule has 0 atom stereocenters. The highest BCUT2D eigenvalue weighted by Crippen LogP contribution is 2.43. The minimum absolute atomic E-state index is 0. The van der Waals surface area contributed by atoms with Gasteiger partial charge in [0.2, 0.25) is 0 Å². The Morgan fingerprint density at radius 1 is 1.13 bits per heavy atom. The number of halogens is 1. The molecule has 8 heteroatoms. The Morgan fingerprint density at radius 2 is 1.94 bits per heavy atom. The van der Waals surface area contributed by atoms with E-state index in [-0.39, 0.29) is 29.4 Å². The van der Waals surface area contributed by atoms with Crippen molar-refractivity contribution in [3.8, 4) is 0 Å². The third-order valence-corrected chi connectivity index (χ3v) is 7.03. The first-order valence-corrected chi connectivity index (χ1v) is 11.5. The van der Waals surface area contributed by atoms with E-state index in [9.17, 15) is 0 Å². The highest BCUT2D eigenvalue weighted by atomic mass is 127. The SMILES string of the molecule is Cc1nnc(CN=C(NCCc2cccs2)NCC2(c3ccccc3)CCC2)n1C.I. The van der Waals surface area contributed by atoms with Gasteiger partial charge in [-0.25, -0.2) is 4.99 Å². The van der Waals surface area contributed by atoms with Gasteiger partial charge in [0, 0.05) is 30.4 Å². The van der Waals surface area contributed by atoms with Gasteiger partial charge in [-0.2, -0.15) is 0 Å². The quantitative estimate of drug-likeness (QED) is 0.251. The first kappa shape index (κ1) is 23.7. The van der Waals surface area contributed by atoms with Crippen LogP contribution in [0.25, 0.3) is 0 Å². The van der Waals surface area contributed by atoms with Gasteiger partial charge in [-0.1, -0.05) is 42.8 Å². The van der Waals surface area contributed by atoms with Crippen molar-refractivity contribution in [3.63, 3.8) is 0 Å². The van der Waals surface area contributed by atoms with Crippen molar-refractivity contribution in [2.24, 2.45) is 12.0 Å². The predicted molar refractivity (Wildman–Crippen MR) is 138 cm³/mol. The largest absolute Gasteiger partial charge is 0.356 e. The van der Waals surface area contributed by atoms with E-state index in [1.807, 2.05) is 18.5 Å². The molecule has 3 aromatic rings. The number of guanidine groups is 1. The Balaban J connectivity index is 0.00000272. The summed E-state index contributed by atoms with van der Waals surface area (Å²) in [5.41, 5.74) is 1.63. The molecule has 2 N–H and O–H groups in total. The second-order valence-corrected chi connectivity index (χ2v) is 9.03. The van der Waals surface area contributed by atoms with Crippen LogP contribution >= 0.6 is 35.3 Å². The zero-order valence-electron chi connectivity index (χ0n) is 18.2. The maximum Gasteiger partial charge on any atom is 0.191 e. The van der Waals surface area contributed by atoms with Crippen molar-refractivity contribution >= 4 is 41.3 Å². The zero-order valence-corrected chi connectivity index (χ0v) is 21.3. The Morgan fingerprint density at radius 3 is 2.55 bits per heavy atom. The van der Waals surface area contributed by atoms with Gasteiger partial charge < -0.3 is 15.2 Å². The van der Waals surface area contributed by atoms with Crippen LogP contribution in [0.3, 0.4) is 0 Å². The Bertz CT molecular complexity index is 963. The van der Waals surface area contributed by atoms with Crippen LogP contribution in [-0.2, 0) is 25.4 Å². The van der Waals surface area contributed by atoms with Crippen LogP contribution in [-0.4, -0.2) is 33.8 Å². The molecule has 1 fully saturated rings. The maximum absolute atomic E-state index is 4.82. The lowest BCUT2D eigenvalue weighted by atomic mass is 9.64. The predicted octanol–water partition coefficient (Wildman–Crippen LogP) is 4.20. The fraction of sp³-hybridized carbons (Fsp3) is 0.435. The maximum atomic E-state index is 4.82. The molecule has 4 rings (SSSR count). The van der Waals surface area contributed by atoms with Crippen LogP contribution in [0.15, 0.2) is 52.8 Å². The highest BCUT2D eigenvalue weighted by molar-refractivity contribution is 14.0. The second-order valence-electron chi connectivity index (χ2n) is 8.00. The molecule has 0 radical (unpaired) electrons. The van der Waals surface area contributed by atoms with Gasteiger partial charge in [0.15, 0.2) is 11.8 Å². The van der Waals surface area contributed by atoms with Gasteiger partial charge in [0.25, 0.3) is 0 Å². The topological polar surface area (TPSA) is 67.1 Å². The number of aliphatic imine (C=N–C) groups is 1. The summed E-state index contributed by atoms with van der Waals surface area (Å²) >= 11 is 1.80. The smallest absolute Gasteiger partial charge is 0.191 e. The van der Waals surface area contributed by atoms with Crippen LogP contribution in [0.1, 0.15) is 41.4 Å². The summed E-state index contributed by atoms with van der Waals surface area (Å²) in [5, 5.41) is 17.6. The molecule has 1 aliphatic rings. The van der Waals surface area contributed by atoms with E-state index in [0.29, 0.717) is 6.54 Å². The minimum atomic E-state index is 0. The third kappa shape index (κ3) is 5.85. The number of hydrogen-bond donors (Lipinski definition) is 2. The number of rotatable bonds is 8. The lowest BCUT2D eigenvalue weighted by Gasteiger charge is -2.43. The molecule has 0 saturated heterocycles. The Hall–Kier alpha value is -1.94. The second kappa shape index (κ2) is 11.1. The molecule has 0 amide bonds. The first-order valence-electron chi connectivity index (χ1n) is 10.6. The van der Waals surface area contributed by atoms with E-state index in [0.717, 1.165) is 37.1 Å². The molecule has 0 unspecified atom stereocenters. The van der Waals surface area contributed by atoms with Crippen LogP contribution < -0.4 is 10.6 Å². The van der Waals surface area contributed by atoms with Crippen LogP contribution in [0, 0.1) is 6.92 Å². The number of aryl methyl sites for hydroxylation is 1. The molecular weight excluding hydrogens is 519 g/mol. The Kier molecular flexibility index (Phi) is 8.48. The standard InChI is InChI=1S/C23H30N6S.HI/c1-18-27-28-21(29(18)2)16-25-22(24-14-11-20-10-6-15-30-20)26-17-23(12-7-13-23)19-8-4-3-5-9-19;/h3-6,8-10,15H,7,11-14,16-17H2,1-2H3,(H2,24,25,26);1H. The van der Waals surface area contributed by atoms with Crippen LogP contribution in [0.4, 0.5) is 0 Å². The molecule has 0 bridgehead atoms. The number of nitrogens with one attached hydrogen (secondary N) is 2. The fourth-order valence-electron chi connectivity index (χ4n) is 3.89. The van der Waals surface area contributed by atoms with Crippen LogP contribution in [0.5, 0.6) is 0 Å². The van der Waals surface area contributed by atoms with Crippen molar-refractivity contribution in [1.82, 2.24) is 25.4 Å². The van der Waals surface area contributed by atoms with Crippen molar-refractivity contribution < 1.29 is 0 Å². The summed E-state index contributed by atoms with van der Waals surface area (Å²) in [7, 11) is 1.98. The van der Waals surface area contributed by atoms with E-state index in [4.69, 9.17) is 4.99 Å². The van der Waals surface area contributed by atoms with Gasteiger partial charge in [0.1, 0.15) is 12.4 Å². The fourth-order valence-corrected chi connectivity index (χ4v) is 4.60. The average Bonchev–Trinajstić information content (AvgIpc) is 3.36. The summed E-state index contributed by atoms with van der Waals surface area (Å²) < 4.78 is 1.99. The minimum Gasteiger partial charge on any atom is -0.356 e. The molecule has 2 aromatic heterocycles. The average molecular weight is 551 g/mol. The van der Waals surface area contributed by atoms with E-state index in [1.165, 1.54) is 29.7 Å². The number of nitrogens with zero attached hydrogens (tertiary/aromatic N) is 4. The summed E-state index contributed by atoms with van der Waals surface area (Å²) in [4.78, 5) is 6.20. The number of thiophene rings is 1. The lowest BCUT2D eigenvalue weighted by molar-refractivity contribution is 0.244. The summed E-state index contributed by atoms with van der Waals surface area (Å²) in [5.74, 6) is 2.61. The molecule has 2 heterocycles. The van der Waals surface area contributed by atoms with Crippen molar-refractivity contribution in [2.45, 2.75) is 44.6 Å². The van der Waals surface area contributed by atoms with E-state index in [1.54, 1.807) is 11.3 Å². The van der Waals surface area contributed by atoms with Gasteiger partial charge in [-0.05, 0) is 43.2 Å². The van der Waals surface area contributed by atoms with Gasteiger partial charge in [0.05, 0.1) is 0 Å². The highest BCUT2D eigenvalue weighted by Gasteiger charge is 2.38. The van der Waals surface area contributed by atoms with Gasteiger partial charge >= 0.3 is 0 Å². The molecular formula is C23H31IN6S. The molecule has 0 aliphatic heterocycles. The Labute approximate surface area is 205 Å². The first-order chi connectivity index (χ1) is 14.7. The number of aromatic nitrogens is 3. The molecule has 6 nitrogen and oxygen atoms in total. The molecule has 1 aromatic carbocycles. The van der Waals surface area contributed by atoms with Crippen molar-refractivity contribution in [2.75, 3.05) is 13.1 Å². The number of hydrogen-bond acceptors (Lipinski definition) is 4. The van der Waals surface area contributed by atoms with Crippen molar-refractivity contribution in [1.29, 1.82) is 0 Å². The van der Waals surface area contributed by atoms with Crippen molar-refractivity contribution in [3.05, 3.63) is 69.9 Å². The molecule has 166 valence electrons. The molecule has 31 heavy (non-hydrogen) atoms. The van der Waals surface area contributed by atoms with Gasteiger partial charge in [-0.3, -0.25) is 0 Å². The molecule has 1 aliphatic carbocycles. The molecule has 1 saturated carbocycles.